The predicted octanol–water partition coefficient (Wildman–Crippen LogP) is 3.12. The Hall–Kier alpha value is -3.15. The molecule has 0 fully saturated rings. The summed E-state index contributed by atoms with van der Waals surface area (Å²) in [5, 5.41) is 11.8. The molecule has 6 nitrogen and oxygen atoms in total. The zero-order valence-electron chi connectivity index (χ0n) is 14.8. The summed E-state index contributed by atoms with van der Waals surface area (Å²) in [4.78, 5) is 37.0. The lowest BCUT2D eigenvalue weighted by Crippen LogP contribution is -2.38. The number of hydrogen-bond acceptors (Lipinski definition) is 3. The van der Waals surface area contributed by atoms with Crippen LogP contribution in [0.2, 0.25) is 0 Å². The van der Waals surface area contributed by atoms with Crippen LogP contribution in [0.4, 0.5) is 5.69 Å². The molecule has 6 heteroatoms. The number of aliphatic carboxylic acids is 1. The van der Waals surface area contributed by atoms with Crippen LogP contribution in [0.25, 0.3) is 0 Å². The number of carboxylic acid groups (broad SMARTS) is 1. The molecule has 2 amide bonds. The van der Waals surface area contributed by atoms with E-state index >= 15 is 0 Å². The van der Waals surface area contributed by atoms with Gasteiger partial charge in [-0.15, -0.1) is 0 Å². The second-order valence-corrected chi connectivity index (χ2v) is 6.37. The van der Waals surface area contributed by atoms with Crippen molar-refractivity contribution in [3.8, 4) is 0 Å². The minimum absolute atomic E-state index is 0.155. The minimum Gasteiger partial charge on any atom is -0.480 e. The Morgan fingerprint density at radius 2 is 1.58 bits per heavy atom. The number of anilines is 1. The second-order valence-electron chi connectivity index (χ2n) is 6.37. The van der Waals surface area contributed by atoms with Gasteiger partial charge in [-0.1, -0.05) is 32.0 Å². The minimum atomic E-state index is -1.05. The van der Waals surface area contributed by atoms with Gasteiger partial charge in [-0.25, -0.2) is 0 Å². The van der Waals surface area contributed by atoms with E-state index in [0.29, 0.717) is 23.4 Å². The first kappa shape index (κ1) is 19.2. The summed E-state index contributed by atoms with van der Waals surface area (Å²) < 4.78 is 0. The molecule has 0 spiro atoms. The van der Waals surface area contributed by atoms with Crippen molar-refractivity contribution in [2.24, 2.45) is 5.92 Å². The fourth-order valence-corrected chi connectivity index (χ4v) is 2.49. The van der Waals surface area contributed by atoms with Crippen LogP contribution in [0.5, 0.6) is 0 Å². The molecule has 0 aromatic heterocycles. The highest BCUT2D eigenvalue weighted by atomic mass is 16.4. The molecular formula is C20H22N2O4. The van der Waals surface area contributed by atoms with Crippen LogP contribution < -0.4 is 5.32 Å². The van der Waals surface area contributed by atoms with Crippen LogP contribution in [0.3, 0.4) is 0 Å². The largest absolute Gasteiger partial charge is 0.480 e. The van der Waals surface area contributed by atoms with Gasteiger partial charge in [0, 0.05) is 23.4 Å². The first-order valence-electron chi connectivity index (χ1n) is 8.34. The van der Waals surface area contributed by atoms with Crippen LogP contribution in [0, 0.1) is 5.92 Å². The molecule has 26 heavy (non-hydrogen) atoms. The normalized spacial score (nSPS) is 10.4. The predicted molar refractivity (Wildman–Crippen MR) is 99.2 cm³/mol. The van der Waals surface area contributed by atoms with E-state index in [2.05, 4.69) is 5.32 Å². The van der Waals surface area contributed by atoms with Crippen molar-refractivity contribution in [1.82, 2.24) is 4.90 Å². The van der Waals surface area contributed by atoms with E-state index in [1.807, 2.05) is 19.9 Å². The van der Waals surface area contributed by atoms with Crippen molar-refractivity contribution in [3.63, 3.8) is 0 Å². The van der Waals surface area contributed by atoms with Crippen molar-refractivity contribution >= 4 is 23.5 Å². The third-order valence-corrected chi connectivity index (χ3v) is 3.62. The molecule has 2 N–H and O–H groups in total. The number of nitrogens with zero attached hydrogens (tertiary/aromatic N) is 1. The summed E-state index contributed by atoms with van der Waals surface area (Å²) in [5.41, 5.74) is 1.48. The van der Waals surface area contributed by atoms with E-state index in [1.165, 1.54) is 4.90 Å². The summed E-state index contributed by atoms with van der Waals surface area (Å²) in [6.07, 6.45) is 0. The van der Waals surface area contributed by atoms with Crippen LogP contribution in [-0.4, -0.2) is 40.9 Å². The van der Waals surface area contributed by atoms with E-state index in [0.717, 1.165) is 0 Å². The molecule has 0 aliphatic rings. The van der Waals surface area contributed by atoms with Gasteiger partial charge in [0.05, 0.1) is 0 Å². The molecule has 2 aromatic rings. The lowest BCUT2D eigenvalue weighted by atomic mass is 10.1. The van der Waals surface area contributed by atoms with Gasteiger partial charge in [0.1, 0.15) is 6.54 Å². The zero-order chi connectivity index (χ0) is 19.1. The lowest BCUT2D eigenvalue weighted by Gasteiger charge is -2.22. The molecule has 2 aromatic carbocycles. The molecular weight excluding hydrogens is 332 g/mol. The van der Waals surface area contributed by atoms with Gasteiger partial charge in [-0.05, 0) is 42.3 Å². The molecule has 0 saturated heterocycles. The Labute approximate surface area is 152 Å². The summed E-state index contributed by atoms with van der Waals surface area (Å²) in [6.45, 7) is 3.86. The number of amides is 2. The summed E-state index contributed by atoms with van der Waals surface area (Å²) >= 11 is 0. The number of carbonyl (C=O) groups is 3. The molecule has 0 bridgehead atoms. The van der Waals surface area contributed by atoms with Crippen molar-refractivity contribution in [2.45, 2.75) is 13.8 Å². The first-order chi connectivity index (χ1) is 12.4. The Balaban J connectivity index is 2.08. The Morgan fingerprint density at radius 1 is 0.962 bits per heavy atom. The van der Waals surface area contributed by atoms with Crippen molar-refractivity contribution in [3.05, 3.63) is 65.7 Å². The highest BCUT2D eigenvalue weighted by Gasteiger charge is 2.19. The van der Waals surface area contributed by atoms with Gasteiger partial charge in [0.25, 0.3) is 11.8 Å². The fourth-order valence-electron chi connectivity index (χ4n) is 2.49. The quantitative estimate of drug-likeness (QED) is 0.800. The van der Waals surface area contributed by atoms with Gasteiger partial charge >= 0.3 is 5.97 Å². The molecule has 0 aliphatic carbocycles. The van der Waals surface area contributed by atoms with E-state index in [1.54, 1.807) is 48.5 Å². The molecule has 2 rings (SSSR count). The van der Waals surface area contributed by atoms with Crippen molar-refractivity contribution in [1.29, 1.82) is 0 Å². The van der Waals surface area contributed by atoms with E-state index in [9.17, 15) is 14.4 Å². The first-order valence-corrected chi connectivity index (χ1v) is 8.34. The smallest absolute Gasteiger partial charge is 0.323 e. The number of carbonyl (C=O) groups excluding carboxylic acids is 2. The van der Waals surface area contributed by atoms with Gasteiger partial charge in [0.2, 0.25) is 0 Å². The van der Waals surface area contributed by atoms with Crippen molar-refractivity contribution in [2.75, 3.05) is 18.4 Å². The molecule has 0 unspecified atom stereocenters. The van der Waals surface area contributed by atoms with E-state index < -0.39 is 5.97 Å². The maximum Gasteiger partial charge on any atom is 0.323 e. The van der Waals surface area contributed by atoms with Gasteiger partial charge in [-0.3, -0.25) is 14.4 Å². The molecule has 0 aliphatic heterocycles. The fraction of sp³-hybridized carbons (Fsp3) is 0.250. The second kappa shape index (κ2) is 8.80. The van der Waals surface area contributed by atoms with Crippen LogP contribution in [-0.2, 0) is 4.79 Å². The Kier molecular flexibility index (Phi) is 6.49. The highest BCUT2D eigenvalue weighted by Crippen LogP contribution is 2.14. The van der Waals surface area contributed by atoms with Crippen LogP contribution in [0.15, 0.2) is 54.6 Å². The summed E-state index contributed by atoms with van der Waals surface area (Å²) in [5.74, 6) is -1.48. The highest BCUT2D eigenvalue weighted by molar-refractivity contribution is 6.04. The maximum absolute atomic E-state index is 12.5. The van der Waals surface area contributed by atoms with Crippen molar-refractivity contribution < 1.29 is 19.5 Å². The topological polar surface area (TPSA) is 86.7 Å². The standard InChI is InChI=1S/C20H22N2O4/c1-14(2)12-22(13-18(23)24)20(26)16-8-10-17(11-9-16)21-19(25)15-6-4-3-5-7-15/h3-11,14H,12-13H2,1-2H3,(H,21,25)(H,23,24). The Bertz CT molecular complexity index is 770. The maximum atomic E-state index is 12.5. The van der Waals surface area contributed by atoms with Gasteiger partial charge < -0.3 is 15.3 Å². The third-order valence-electron chi connectivity index (χ3n) is 3.62. The van der Waals surface area contributed by atoms with E-state index in [4.69, 9.17) is 5.11 Å². The Morgan fingerprint density at radius 3 is 2.12 bits per heavy atom. The summed E-state index contributed by atoms with van der Waals surface area (Å²) in [6, 6.07) is 15.2. The lowest BCUT2D eigenvalue weighted by molar-refractivity contribution is -0.137. The van der Waals surface area contributed by atoms with Crippen LogP contribution >= 0.6 is 0 Å². The molecule has 136 valence electrons. The number of rotatable bonds is 7. The molecule has 0 saturated carbocycles. The molecule has 0 radical (unpaired) electrons. The number of carboxylic acids is 1. The third kappa shape index (κ3) is 5.44. The van der Waals surface area contributed by atoms with Gasteiger partial charge in [0.15, 0.2) is 0 Å². The zero-order valence-corrected chi connectivity index (χ0v) is 14.8. The average molecular weight is 354 g/mol. The number of benzene rings is 2. The monoisotopic (exact) mass is 354 g/mol. The molecule has 0 heterocycles. The van der Waals surface area contributed by atoms with Crippen LogP contribution in [0.1, 0.15) is 34.6 Å². The van der Waals surface area contributed by atoms with Gasteiger partial charge in [-0.2, -0.15) is 0 Å². The average Bonchev–Trinajstić information content (AvgIpc) is 2.61. The SMILES string of the molecule is CC(C)CN(CC(=O)O)C(=O)c1ccc(NC(=O)c2ccccc2)cc1. The molecule has 0 atom stereocenters. The number of nitrogens with one attached hydrogen (secondary N) is 1. The number of hydrogen-bond donors (Lipinski definition) is 2. The summed E-state index contributed by atoms with van der Waals surface area (Å²) in [7, 11) is 0. The van der Waals surface area contributed by atoms with E-state index in [-0.39, 0.29) is 24.3 Å².